The minimum absolute atomic E-state index is 0.0413. The number of carbonyl (C=O) groups excluding carboxylic acids is 1. The number of ether oxygens (including phenoxy) is 1. The third kappa shape index (κ3) is 3.97. The Hall–Kier alpha value is -3.64. The van der Waals surface area contributed by atoms with Gasteiger partial charge in [-0.1, -0.05) is 54.1 Å². The number of methoxy groups -OCH3 is 1. The van der Waals surface area contributed by atoms with Crippen LogP contribution in [0.3, 0.4) is 0 Å². The molecular formula is C22H17ClN4O2. The van der Waals surface area contributed by atoms with Crippen molar-refractivity contribution in [3.05, 3.63) is 89.7 Å². The lowest BCUT2D eigenvalue weighted by Crippen LogP contribution is -2.14. The molecule has 0 bridgehead atoms. The molecule has 4 rings (SSSR count). The summed E-state index contributed by atoms with van der Waals surface area (Å²) in [4.78, 5) is 17.3. The van der Waals surface area contributed by atoms with Crippen LogP contribution in [-0.4, -0.2) is 27.8 Å². The minimum Gasteiger partial charge on any atom is -0.497 e. The molecule has 0 radical (unpaired) electrons. The lowest BCUT2D eigenvalue weighted by molar-refractivity contribution is 0.101. The van der Waals surface area contributed by atoms with E-state index in [-0.39, 0.29) is 5.82 Å². The molecule has 29 heavy (non-hydrogen) atoms. The number of para-hydroxylation sites is 1. The van der Waals surface area contributed by atoms with E-state index in [1.807, 2.05) is 48.5 Å². The molecule has 144 valence electrons. The Kier molecular flexibility index (Phi) is 5.27. The van der Waals surface area contributed by atoms with E-state index >= 15 is 0 Å². The number of benzene rings is 3. The number of halogens is 1. The summed E-state index contributed by atoms with van der Waals surface area (Å²) in [7, 11) is 1.59. The first-order chi connectivity index (χ1) is 14.2. The van der Waals surface area contributed by atoms with Crippen molar-refractivity contribution in [2.24, 2.45) is 0 Å². The van der Waals surface area contributed by atoms with Crippen LogP contribution < -0.4 is 10.1 Å². The maximum Gasteiger partial charge on any atom is 0.295 e. The van der Waals surface area contributed by atoms with Crippen LogP contribution in [0, 0.1) is 0 Å². The molecule has 0 aliphatic carbocycles. The second-order valence-electron chi connectivity index (χ2n) is 6.17. The Bertz CT molecular complexity index is 1140. The van der Waals surface area contributed by atoms with E-state index in [1.165, 1.54) is 0 Å². The van der Waals surface area contributed by atoms with Gasteiger partial charge in [0.25, 0.3) is 5.91 Å². The van der Waals surface area contributed by atoms with Gasteiger partial charge < -0.3 is 10.1 Å². The number of aromatic nitrogens is 3. The van der Waals surface area contributed by atoms with Gasteiger partial charge in [-0.3, -0.25) is 4.79 Å². The fourth-order valence-corrected chi connectivity index (χ4v) is 3.05. The monoisotopic (exact) mass is 404 g/mol. The first kappa shape index (κ1) is 18.7. The molecular weight excluding hydrogens is 388 g/mol. The normalized spacial score (nSPS) is 10.6. The highest BCUT2D eigenvalue weighted by Crippen LogP contribution is 2.26. The number of carbonyl (C=O) groups is 1. The van der Waals surface area contributed by atoms with Crippen LogP contribution in [0.25, 0.3) is 17.1 Å². The maximum absolute atomic E-state index is 12.8. The van der Waals surface area contributed by atoms with Gasteiger partial charge in [0.15, 0.2) is 5.82 Å². The molecule has 3 aromatic carbocycles. The average Bonchev–Trinajstić information content (AvgIpc) is 3.21. The van der Waals surface area contributed by atoms with Gasteiger partial charge in [-0.2, -0.15) is 0 Å². The fourth-order valence-electron chi connectivity index (χ4n) is 2.84. The number of nitrogens with one attached hydrogen (secondary N) is 1. The second-order valence-corrected chi connectivity index (χ2v) is 6.58. The SMILES string of the molecule is COc1ccc(NC(=O)c2nc(-c3ccccc3)n(-c3ccccc3Cl)n2)cc1. The molecule has 0 fully saturated rings. The minimum atomic E-state index is -0.418. The summed E-state index contributed by atoms with van der Waals surface area (Å²) >= 11 is 6.36. The standard InChI is InChI=1S/C22H17ClN4O2/c1-29-17-13-11-16(12-14-17)24-22(28)20-25-21(15-7-3-2-4-8-15)27(26-20)19-10-6-5-9-18(19)23/h2-14H,1H3,(H,24,28). The number of rotatable bonds is 5. The molecule has 1 heterocycles. The summed E-state index contributed by atoms with van der Waals surface area (Å²) in [5.41, 5.74) is 2.08. The summed E-state index contributed by atoms with van der Waals surface area (Å²) in [6.45, 7) is 0. The third-order valence-electron chi connectivity index (χ3n) is 4.27. The highest BCUT2D eigenvalue weighted by Gasteiger charge is 2.20. The van der Waals surface area contributed by atoms with Crippen molar-refractivity contribution < 1.29 is 9.53 Å². The lowest BCUT2D eigenvalue weighted by Gasteiger charge is -2.07. The Labute approximate surface area is 172 Å². The van der Waals surface area contributed by atoms with Gasteiger partial charge in [0.2, 0.25) is 5.82 Å². The molecule has 1 aromatic heterocycles. The summed E-state index contributed by atoms with van der Waals surface area (Å²) in [5.74, 6) is 0.854. The Balaban J connectivity index is 1.72. The average molecular weight is 405 g/mol. The summed E-state index contributed by atoms with van der Waals surface area (Å²) in [6, 6.07) is 23.8. The summed E-state index contributed by atoms with van der Waals surface area (Å²) in [6.07, 6.45) is 0. The van der Waals surface area contributed by atoms with E-state index in [4.69, 9.17) is 16.3 Å². The van der Waals surface area contributed by atoms with Gasteiger partial charge in [0.05, 0.1) is 17.8 Å². The van der Waals surface area contributed by atoms with E-state index in [2.05, 4.69) is 15.4 Å². The zero-order valence-electron chi connectivity index (χ0n) is 15.5. The van der Waals surface area contributed by atoms with Crippen molar-refractivity contribution in [1.29, 1.82) is 0 Å². The highest BCUT2D eigenvalue weighted by atomic mass is 35.5. The van der Waals surface area contributed by atoms with Crippen LogP contribution in [0.15, 0.2) is 78.9 Å². The van der Waals surface area contributed by atoms with Crippen molar-refractivity contribution in [2.45, 2.75) is 0 Å². The number of hydrogen-bond donors (Lipinski definition) is 1. The van der Waals surface area contributed by atoms with Gasteiger partial charge in [0, 0.05) is 11.3 Å². The third-order valence-corrected chi connectivity index (χ3v) is 4.59. The quantitative estimate of drug-likeness (QED) is 0.516. The molecule has 1 amide bonds. The summed E-state index contributed by atoms with van der Waals surface area (Å²) < 4.78 is 6.72. The number of hydrogen-bond acceptors (Lipinski definition) is 4. The van der Waals surface area contributed by atoms with Crippen LogP contribution in [0.2, 0.25) is 5.02 Å². The number of amides is 1. The molecule has 0 saturated carbocycles. The molecule has 0 aliphatic rings. The number of nitrogens with zero attached hydrogens (tertiary/aromatic N) is 3. The molecule has 0 aliphatic heterocycles. The maximum atomic E-state index is 12.8. The van der Waals surface area contributed by atoms with Gasteiger partial charge in [-0.15, -0.1) is 5.10 Å². The molecule has 0 saturated heterocycles. The van der Waals surface area contributed by atoms with Crippen LogP contribution in [0.1, 0.15) is 10.6 Å². The largest absolute Gasteiger partial charge is 0.497 e. The topological polar surface area (TPSA) is 69.0 Å². The van der Waals surface area contributed by atoms with Crippen molar-refractivity contribution in [3.8, 4) is 22.8 Å². The Morgan fingerprint density at radius 1 is 0.966 bits per heavy atom. The van der Waals surface area contributed by atoms with E-state index in [9.17, 15) is 4.79 Å². The zero-order chi connectivity index (χ0) is 20.2. The van der Waals surface area contributed by atoms with E-state index in [1.54, 1.807) is 42.1 Å². The fraction of sp³-hybridized carbons (Fsp3) is 0.0455. The first-order valence-corrected chi connectivity index (χ1v) is 9.26. The molecule has 0 unspecified atom stereocenters. The first-order valence-electron chi connectivity index (χ1n) is 8.88. The Morgan fingerprint density at radius 2 is 1.66 bits per heavy atom. The van der Waals surface area contributed by atoms with E-state index in [0.717, 1.165) is 5.56 Å². The highest BCUT2D eigenvalue weighted by molar-refractivity contribution is 6.32. The molecule has 7 heteroatoms. The molecule has 4 aromatic rings. The van der Waals surface area contributed by atoms with Crippen LogP contribution >= 0.6 is 11.6 Å². The van der Waals surface area contributed by atoms with Crippen molar-refractivity contribution in [2.75, 3.05) is 12.4 Å². The van der Waals surface area contributed by atoms with Crippen LogP contribution in [-0.2, 0) is 0 Å². The lowest BCUT2D eigenvalue weighted by atomic mass is 10.2. The van der Waals surface area contributed by atoms with Gasteiger partial charge in [-0.05, 0) is 36.4 Å². The van der Waals surface area contributed by atoms with E-state index in [0.29, 0.717) is 28.0 Å². The smallest absolute Gasteiger partial charge is 0.295 e. The molecule has 6 nitrogen and oxygen atoms in total. The second kappa shape index (κ2) is 8.16. The predicted molar refractivity (Wildman–Crippen MR) is 113 cm³/mol. The molecule has 0 spiro atoms. The number of anilines is 1. The predicted octanol–water partition coefficient (Wildman–Crippen LogP) is 4.85. The van der Waals surface area contributed by atoms with Gasteiger partial charge in [-0.25, -0.2) is 9.67 Å². The van der Waals surface area contributed by atoms with Gasteiger partial charge in [0.1, 0.15) is 5.75 Å². The Morgan fingerprint density at radius 3 is 2.34 bits per heavy atom. The van der Waals surface area contributed by atoms with Crippen molar-refractivity contribution >= 4 is 23.2 Å². The van der Waals surface area contributed by atoms with Crippen molar-refractivity contribution in [3.63, 3.8) is 0 Å². The van der Waals surface area contributed by atoms with Crippen molar-refractivity contribution in [1.82, 2.24) is 14.8 Å². The van der Waals surface area contributed by atoms with Crippen LogP contribution in [0.4, 0.5) is 5.69 Å². The zero-order valence-corrected chi connectivity index (χ0v) is 16.3. The van der Waals surface area contributed by atoms with E-state index < -0.39 is 5.91 Å². The van der Waals surface area contributed by atoms with Crippen LogP contribution in [0.5, 0.6) is 5.75 Å². The molecule has 0 atom stereocenters. The summed E-state index contributed by atoms with van der Waals surface area (Å²) in [5, 5.41) is 7.74. The molecule has 1 N–H and O–H groups in total. The van der Waals surface area contributed by atoms with Gasteiger partial charge >= 0.3 is 0 Å².